The zero-order valence-corrected chi connectivity index (χ0v) is 38.2. The first-order chi connectivity index (χ1) is 32.3. The molecule has 66 heavy (non-hydrogen) atoms. The van der Waals surface area contributed by atoms with E-state index in [9.17, 15) is 14.7 Å². The van der Waals surface area contributed by atoms with Gasteiger partial charge in [-0.2, -0.15) is 0 Å². The maximum absolute atomic E-state index is 14.2. The molecule has 3 saturated heterocycles. The summed E-state index contributed by atoms with van der Waals surface area (Å²) in [6.45, 7) is 4.62. The summed E-state index contributed by atoms with van der Waals surface area (Å²) in [4.78, 5) is 49.6. The van der Waals surface area contributed by atoms with Crippen LogP contribution in [0.5, 0.6) is 0 Å². The Morgan fingerprint density at radius 1 is 0.848 bits per heavy atom. The molecule has 5 aliphatic rings. The van der Waals surface area contributed by atoms with Crippen LogP contribution in [-0.4, -0.2) is 106 Å². The van der Waals surface area contributed by atoms with Crippen molar-refractivity contribution in [3.05, 3.63) is 125 Å². The number of ether oxygens (including phenoxy) is 3. The number of rotatable bonds is 14. The number of imidazole rings is 2. The average molecular weight is 895 g/mol. The number of aromatic nitrogens is 4. The highest BCUT2D eigenvalue weighted by Crippen LogP contribution is 2.43. The molecule has 5 N–H and O–H groups in total. The van der Waals surface area contributed by atoms with Gasteiger partial charge in [0, 0.05) is 63.3 Å². The summed E-state index contributed by atoms with van der Waals surface area (Å²) in [6, 6.07) is 21.5. The number of hydrogen-bond donors (Lipinski definition) is 5. The molecule has 2 aliphatic carbocycles. The number of likely N-dealkylation sites (tertiary alicyclic amines) is 2. The summed E-state index contributed by atoms with van der Waals surface area (Å²) < 4.78 is 16.2. The SMILES string of the molecule is COC(C)N[C@H](C(=O)N1CCC[C@H]1c1ncc(-c2ccc3cc(C4C=C5CCc6[nH]c([C@@H]7CCCN7C(=O)[C@H](NC(O)OC)c7ccccc7)nc6C5=CC4)ccc3c2)[nH]1)C1CCOCC1. The molecule has 7 atom stereocenters. The highest BCUT2D eigenvalue weighted by atomic mass is 16.6. The molecule has 0 saturated carbocycles. The molecule has 0 spiro atoms. The lowest BCUT2D eigenvalue weighted by atomic mass is 9.80. The number of aliphatic hydroxyl groups is 1. The molecule has 3 aromatic carbocycles. The van der Waals surface area contributed by atoms with Crippen molar-refractivity contribution in [2.75, 3.05) is 40.5 Å². The molecule has 346 valence electrons. The molecule has 5 aromatic rings. The zero-order chi connectivity index (χ0) is 45.3. The number of amides is 2. The van der Waals surface area contributed by atoms with Gasteiger partial charge in [0.25, 0.3) is 0 Å². The second kappa shape index (κ2) is 19.4. The average Bonchev–Trinajstić information content (AvgIpc) is 4.21. The molecule has 14 nitrogen and oxygen atoms in total. The molecular formula is C52H62N8O6. The van der Waals surface area contributed by atoms with E-state index in [-0.39, 0.29) is 48.0 Å². The minimum atomic E-state index is -1.28. The van der Waals surface area contributed by atoms with Gasteiger partial charge in [-0.1, -0.05) is 72.8 Å². The smallest absolute Gasteiger partial charge is 0.245 e. The van der Waals surface area contributed by atoms with Crippen molar-refractivity contribution < 1.29 is 28.9 Å². The number of nitrogens with zero attached hydrogens (tertiary/aromatic N) is 4. The zero-order valence-electron chi connectivity index (χ0n) is 38.2. The summed E-state index contributed by atoms with van der Waals surface area (Å²) in [6.07, 6.45) is 13.0. The van der Waals surface area contributed by atoms with Crippen molar-refractivity contribution in [2.45, 2.75) is 107 Å². The van der Waals surface area contributed by atoms with Crippen LogP contribution < -0.4 is 10.6 Å². The van der Waals surface area contributed by atoms with Gasteiger partial charge in [0.2, 0.25) is 18.2 Å². The van der Waals surface area contributed by atoms with E-state index >= 15 is 0 Å². The van der Waals surface area contributed by atoms with E-state index in [0.29, 0.717) is 26.3 Å². The van der Waals surface area contributed by atoms with Crippen LogP contribution in [-0.2, 0) is 30.2 Å². The molecule has 3 unspecified atom stereocenters. The van der Waals surface area contributed by atoms with Gasteiger partial charge in [0.05, 0.1) is 35.7 Å². The van der Waals surface area contributed by atoms with E-state index in [4.69, 9.17) is 24.2 Å². The lowest BCUT2D eigenvalue weighted by molar-refractivity contribution is -0.143. The maximum Gasteiger partial charge on any atom is 0.245 e. The number of allylic oxidation sites excluding steroid dienone is 4. The number of H-pyrrole nitrogens is 2. The number of methoxy groups -OCH3 is 2. The first-order valence-electron chi connectivity index (χ1n) is 23.8. The van der Waals surface area contributed by atoms with Crippen LogP contribution in [0.3, 0.4) is 0 Å². The molecule has 5 heterocycles. The van der Waals surface area contributed by atoms with Gasteiger partial charge in [0.15, 0.2) is 0 Å². The van der Waals surface area contributed by atoms with Crippen LogP contribution in [0.2, 0.25) is 0 Å². The van der Waals surface area contributed by atoms with Crippen LogP contribution in [0.4, 0.5) is 0 Å². The minimum absolute atomic E-state index is 0.103. The summed E-state index contributed by atoms with van der Waals surface area (Å²) in [5, 5.41) is 19.1. The first-order valence-corrected chi connectivity index (χ1v) is 23.8. The fourth-order valence-corrected chi connectivity index (χ4v) is 11.0. The minimum Gasteiger partial charge on any atom is -0.381 e. The fraction of sp³-hybridized carbons (Fsp3) is 0.462. The van der Waals surface area contributed by atoms with E-state index in [1.54, 1.807) is 7.11 Å². The van der Waals surface area contributed by atoms with Gasteiger partial charge in [0.1, 0.15) is 23.9 Å². The number of aliphatic hydroxyl groups excluding tert-OH is 1. The molecule has 3 aliphatic heterocycles. The summed E-state index contributed by atoms with van der Waals surface area (Å²) in [5.41, 5.74) is 8.71. The van der Waals surface area contributed by atoms with Gasteiger partial charge in [-0.15, -0.1) is 0 Å². The van der Waals surface area contributed by atoms with Crippen LogP contribution in [0.1, 0.15) is 116 Å². The van der Waals surface area contributed by atoms with Crippen LogP contribution in [0.15, 0.2) is 90.7 Å². The van der Waals surface area contributed by atoms with Crippen molar-refractivity contribution in [3.8, 4) is 11.3 Å². The highest BCUT2D eigenvalue weighted by Gasteiger charge is 2.41. The molecule has 10 rings (SSSR count). The standard InChI is InChI=1S/C52H62N8O6/c1-31(64-2)54-45(33-21-25-66-26-22-33)50(61)59-23-7-11-43(59)48-53-30-42(56-48)39-16-15-35-27-34(13-14-36(35)29-39)37-17-19-40-38(28-37)18-20-41-47(40)57-49(55-41)44-12-8-24-60(44)51(62)46(58-52(63)65-3)32-9-5-4-6-10-32/h4-6,9-10,13-16,19,27-31,33,37,43-46,52,54,58,63H,7-8,11-12,17-18,20-26H2,1-3H3,(H,53,56)(H,55,57)/t31?,37?,43-,44-,45-,46+,52?/m0/s1. The monoisotopic (exact) mass is 894 g/mol. The topological polar surface area (TPSA) is 170 Å². The molecule has 0 bridgehead atoms. The Bertz CT molecular complexity index is 2600. The Labute approximate surface area is 386 Å². The fourth-order valence-electron chi connectivity index (χ4n) is 11.0. The van der Waals surface area contributed by atoms with E-state index < -0.39 is 12.5 Å². The summed E-state index contributed by atoms with van der Waals surface area (Å²) in [5.74, 6) is 2.11. The van der Waals surface area contributed by atoms with Crippen molar-refractivity contribution in [1.82, 2.24) is 40.4 Å². The predicted molar refractivity (Wildman–Crippen MR) is 252 cm³/mol. The third-order valence-electron chi connectivity index (χ3n) is 14.6. The normalized spacial score (nSPS) is 22.9. The van der Waals surface area contributed by atoms with Gasteiger partial charge >= 0.3 is 0 Å². The Morgan fingerprint density at radius 3 is 2.36 bits per heavy atom. The highest BCUT2D eigenvalue weighted by molar-refractivity contribution is 5.88. The van der Waals surface area contributed by atoms with Crippen LogP contribution in [0, 0.1) is 5.92 Å². The van der Waals surface area contributed by atoms with Crippen molar-refractivity contribution in [3.63, 3.8) is 0 Å². The second-order valence-electron chi connectivity index (χ2n) is 18.6. The number of nitrogens with one attached hydrogen (secondary N) is 4. The molecule has 2 amide bonds. The molecule has 2 aromatic heterocycles. The number of carbonyl (C=O) groups is 2. The third kappa shape index (κ3) is 8.90. The van der Waals surface area contributed by atoms with Crippen molar-refractivity contribution >= 4 is 28.2 Å². The first kappa shape index (κ1) is 44.4. The van der Waals surface area contributed by atoms with Gasteiger partial charge in [-0.05, 0) is 104 Å². The summed E-state index contributed by atoms with van der Waals surface area (Å²) in [7, 11) is 3.07. The Kier molecular flexibility index (Phi) is 13.0. The quantitative estimate of drug-likeness (QED) is 0.0711. The number of aromatic amines is 2. The number of benzene rings is 3. The van der Waals surface area contributed by atoms with Gasteiger partial charge in [-0.25, -0.2) is 9.97 Å². The van der Waals surface area contributed by atoms with E-state index in [1.165, 1.54) is 29.2 Å². The number of fused-ring (bicyclic) bond motifs is 4. The van der Waals surface area contributed by atoms with Gasteiger partial charge in [-0.3, -0.25) is 20.2 Å². The van der Waals surface area contributed by atoms with E-state index in [1.807, 2.05) is 53.3 Å². The molecular weight excluding hydrogens is 833 g/mol. The van der Waals surface area contributed by atoms with Crippen LogP contribution in [0.25, 0.3) is 27.6 Å². The predicted octanol–water partition coefficient (Wildman–Crippen LogP) is 7.35. The molecule has 3 fully saturated rings. The number of hydrogen-bond acceptors (Lipinski definition) is 10. The summed E-state index contributed by atoms with van der Waals surface area (Å²) >= 11 is 0. The maximum atomic E-state index is 14.2. The molecule has 14 heteroatoms. The Hall–Kier alpha value is -5.48. The largest absolute Gasteiger partial charge is 0.381 e. The van der Waals surface area contributed by atoms with Crippen LogP contribution >= 0.6 is 0 Å². The van der Waals surface area contributed by atoms with Crippen molar-refractivity contribution in [2.24, 2.45) is 5.92 Å². The Morgan fingerprint density at radius 2 is 1.59 bits per heavy atom. The van der Waals surface area contributed by atoms with Crippen molar-refractivity contribution in [1.29, 1.82) is 0 Å². The lowest BCUT2D eigenvalue weighted by Crippen LogP contribution is -2.54. The molecule has 0 radical (unpaired) electrons. The second-order valence-corrected chi connectivity index (χ2v) is 18.6. The number of aryl methyl sites for hydroxylation is 1. The van der Waals surface area contributed by atoms with E-state index in [2.05, 4.69) is 69.2 Å². The van der Waals surface area contributed by atoms with E-state index in [0.717, 1.165) is 103 Å². The van der Waals surface area contributed by atoms with Gasteiger partial charge < -0.3 is 39.1 Å². The third-order valence-corrected chi connectivity index (χ3v) is 14.6. The lowest BCUT2D eigenvalue weighted by Gasteiger charge is -2.35. The Balaban J connectivity index is 0.818. The number of carbonyl (C=O) groups excluding carboxylic acids is 2.